The maximum Gasteiger partial charge on any atom is 0.224 e. The molecule has 1 amide bonds. The van der Waals surface area contributed by atoms with Gasteiger partial charge in [-0.15, -0.1) is 0 Å². The van der Waals surface area contributed by atoms with Crippen molar-refractivity contribution in [1.29, 1.82) is 0 Å². The number of hydrogen-bond acceptors (Lipinski definition) is 4. The first-order valence-electron chi connectivity index (χ1n) is 8.53. The second kappa shape index (κ2) is 6.71. The highest BCUT2D eigenvalue weighted by molar-refractivity contribution is 5.93. The number of nitrogens with one attached hydrogen (secondary N) is 1. The van der Waals surface area contributed by atoms with Crippen LogP contribution in [0.2, 0.25) is 0 Å². The molecule has 2 aromatic rings. The molecule has 0 bridgehead atoms. The van der Waals surface area contributed by atoms with Crippen LogP contribution in [0.15, 0.2) is 22.6 Å². The smallest absolute Gasteiger partial charge is 0.224 e. The van der Waals surface area contributed by atoms with Gasteiger partial charge in [0, 0.05) is 18.5 Å². The number of benzene rings is 1. The van der Waals surface area contributed by atoms with Crippen LogP contribution < -0.4 is 11.1 Å². The molecule has 0 aliphatic heterocycles. The fourth-order valence-corrected chi connectivity index (χ4v) is 3.50. The fourth-order valence-electron chi connectivity index (χ4n) is 3.50. The SMILES string of the molecule is CCc1nc2cc(NC(=O)CC3(CN)CCCCC3)ccc2o1. The monoisotopic (exact) mass is 315 g/mol. The maximum atomic E-state index is 12.4. The van der Waals surface area contributed by atoms with Gasteiger partial charge < -0.3 is 15.5 Å². The van der Waals surface area contributed by atoms with Crippen LogP contribution >= 0.6 is 0 Å². The minimum Gasteiger partial charge on any atom is -0.441 e. The molecule has 0 saturated heterocycles. The van der Waals surface area contributed by atoms with Gasteiger partial charge in [-0.1, -0.05) is 26.2 Å². The molecule has 5 heteroatoms. The zero-order chi connectivity index (χ0) is 16.3. The van der Waals surface area contributed by atoms with Crippen molar-refractivity contribution in [1.82, 2.24) is 4.98 Å². The molecule has 1 aromatic carbocycles. The van der Waals surface area contributed by atoms with Gasteiger partial charge in [0.25, 0.3) is 0 Å². The number of fused-ring (bicyclic) bond motifs is 1. The number of rotatable bonds is 5. The van der Waals surface area contributed by atoms with Crippen molar-refractivity contribution >= 4 is 22.7 Å². The second-order valence-corrected chi connectivity index (χ2v) is 6.63. The summed E-state index contributed by atoms with van der Waals surface area (Å²) in [6.45, 7) is 2.59. The average Bonchev–Trinajstić information content (AvgIpc) is 2.98. The van der Waals surface area contributed by atoms with E-state index < -0.39 is 0 Å². The van der Waals surface area contributed by atoms with Crippen LogP contribution in [0, 0.1) is 5.41 Å². The topological polar surface area (TPSA) is 81.2 Å². The second-order valence-electron chi connectivity index (χ2n) is 6.63. The molecular formula is C18H25N3O2. The standard InChI is InChI=1S/C18H25N3O2/c1-2-17-21-14-10-13(6-7-15(14)23-17)20-16(22)11-18(12-19)8-4-3-5-9-18/h6-7,10H,2-5,8-9,11-12,19H2,1H3,(H,20,22). The Morgan fingerprint density at radius 1 is 1.35 bits per heavy atom. The number of nitrogens with zero attached hydrogens (tertiary/aromatic N) is 1. The lowest BCUT2D eigenvalue weighted by Gasteiger charge is -2.35. The normalized spacial score (nSPS) is 17.3. The highest BCUT2D eigenvalue weighted by Gasteiger charge is 2.32. The minimum absolute atomic E-state index is 0.0181. The number of carbonyl (C=O) groups is 1. The third kappa shape index (κ3) is 3.55. The summed E-state index contributed by atoms with van der Waals surface area (Å²) in [5, 5.41) is 2.99. The minimum atomic E-state index is -0.0181. The van der Waals surface area contributed by atoms with Crippen molar-refractivity contribution in [2.75, 3.05) is 11.9 Å². The Morgan fingerprint density at radius 2 is 2.13 bits per heavy atom. The lowest BCUT2D eigenvalue weighted by atomic mass is 9.71. The highest BCUT2D eigenvalue weighted by Crippen LogP contribution is 2.38. The molecule has 0 unspecified atom stereocenters. The third-order valence-electron chi connectivity index (χ3n) is 4.90. The molecule has 3 rings (SSSR count). The third-order valence-corrected chi connectivity index (χ3v) is 4.90. The molecule has 1 aliphatic rings. The Morgan fingerprint density at radius 3 is 2.83 bits per heavy atom. The van der Waals surface area contributed by atoms with Crippen LogP contribution in [0.1, 0.15) is 51.3 Å². The van der Waals surface area contributed by atoms with E-state index in [2.05, 4.69) is 10.3 Å². The molecule has 23 heavy (non-hydrogen) atoms. The molecule has 0 spiro atoms. The quantitative estimate of drug-likeness (QED) is 0.883. The van der Waals surface area contributed by atoms with Gasteiger partial charge >= 0.3 is 0 Å². The highest BCUT2D eigenvalue weighted by atomic mass is 16.3. The summed E-state index contributed by atoms with van der Waals surface area (Å²) in [4.78, 5) is 16.8. The van der Waals surface area contributed by atoms with E-state index in [4.69, 9.17) is 10.2 Å². The Hall–Kier alpha value is -1.88. The molecule has 1 aliphatic carbocycles. The Bertz CT molecular complexity index is 687. The molecular weight excluding hydrogens is 290 g/mol. The van der Waals surface area contributed by atoms with Crippen molar-refractivity contribution in [2.45, 2.75) is 51.9 Å². The van der Waals surface area contributed by atoms with Gasteiger partial charge in [0.05, 0.1) is 0 Å². The Labute approximate surface area is 136 Å². The number of carbonyl (C=O) groups excluding carboxylic acids is 1. The van der Waals surface area contributed by atoms with Gasteiger partial charge in [-0.25, -0.2) is 4.98 Å². The molecule has 1 aromatic heterocycles. The van der Waals surface area contributed by atoms with Crippen molar-refractivity contribution in [3.8, 4) is 0 Å². The average molecular weight is 315 g/mol. The van der Waals surface area contributed by atoms with Gasteiger partial charge in [0.1, 0.15) is 5.52 Å². The first-order valence-corrected chi connectivity index (χ1v) is 8.53. The summed E-state index contributed by atoms with van der Waals surface area (Å²) >= 11 is 0. The number of anilines is 1. The summed E-state index contributed by atoms with van der Waals surface area (Å²) < 4.78 is 5.59. The first kappa shape index (κ1) is 16.0. The number of nitrogens with two attached hydrogens (primary N) is 1. The number of amides is 1. The molecule has 0 radical (unpaired) electrons. The number of aryl methyl sites for hydroxylation is 1. The summed E-state index contributed by atoms with van der Waals surface area (Å²) in [5.41, 5.74) is 8.26. The van der Waals surface area contributed by atoms with E-state index in [1.54, 1.807) is 0 Å². The zero-order valence-electron chi connectivity index (χ0n) is 13.7. The largest absolute Gasteiger partial charge is 0.441 e. The van der Waals surface area contributed by atoms with E-state index in [0.29, 0.717) is 18.9 Å². The summed E-state index contributed by atoms with van der Waals surface area (Å²) in [6, 6.07) is 5.59. The number of oxazole rings is 1. The predicted octanol–water partition coefficient (Wildman–Crippen LogP) is 3.63. The van der Waals surface area contributed by atoms with Gasteiger partial charge in [0.2, 0.25) is 5.91 Å². The van der Waals surface area contributed by atoms with E-state index in [1.165, 1.54) is 19.3 Å². The van der Waals surface area contributed by atoms with Crippen LogP contribution in [-0.2, 0) is 11.2 Å². The Kier molecular flexibility index (Phi) is 4.66. The van der Waals surface area contributed by atoms with E-state index in [-0.39, 0.29) is 11.3 Å². The molecule has 5 nitrogen and oxygen atoms in total. The molecule has 1 heterocycles. The predicted molar refractivity (Wildman–Crippen MR) is 91.2 cm³/mol. The van der Waals surface area contributed by atoms with E-state index >= 15 is 0 Å². The lowest BCUT2D eigenvalue weighted by molar-refractivity contribution is -0.118. The lowest BCUT2D eigenvalue weighted by Crippen LogP contribution is -2.36. The van der Waals surface area contributed by atoms with E-state index in [9.17, 15) is 4.79 Å². The van der Waals surface area contributed by atoms with Gasteiger partial charge in [-0.05, 0) is 43.0 Å². The van der Waals surface area contributed by atoms with Crippen LogP contribution in [0.5, 0.6) is 0 Å². The van der Waals surface area contributed by atoms with Gasteiger partial charge in [0.15, 0.2) is 11.5 Å². The maximum absolute atomic E-state index is 12.4. The molecule has 1 fully saturated rings. The summed E-state index contributed by atoms with van der Waals surface area (Å²) in [5.74, 6) is 0.753. The molecule has 0 atom stereocenters. The molecule has 3 N–H and O–H groups in total. The number of hydrogen-bond donors (Lipinski definition) is 2. The van der Waals surface area contributed by atoms with Crippen molar-refractivity contribution in [3.05, 3.63) is 24.1 Å². The van der Waals surface area contributed by atoms with Crippen LogP contribution in [0.3, 0.4) is 0 Å². The van der Waals surface area contributed by atoms with Crippen LogP contribution in [-0.4, -0.2) is 17.4 Å². The van der Waals surface area contributed by atoms with Crippen molar-refractivity contribution in [2.24, 2.45) is 11.1 Å². The molecule has 1 saturated carbocycles. The Balaban J connectivity index is 1.69. The van der Waals surface area contributed by atoms with Gasteiger partial charge in [-0.3, -0.25) is 4.79 Å². The van der Waals surface area contributed by atoms with Crippen molar-refractivity contribution in [3.63, 3.8) is 0 Å². The van der Waals surface area contributed by atoms with Gasteiger partial charge in [-0.2, -0.15) is 0 Å². The number of aromatic nitrogens is 1. The van der Waals surface area contributed by atoms with E-state index in [0.717, 1.165) is 36.0 Å². The zero-order valence-corrected chi connectivity index (χ0v) is 13.7. The van der Waals surface area contributed by atoms with E-state index in [1.807, 2.05) is 25.1 Å². The first-order chi connectivity index (χ1) is 11.1. The van der Waals surface area contributed by atoms with Crippen molar-refractivity contribution < 1.29 is 9.21 Å². The molecule has 124 valence electrons. The summed E-state index contributed by atoms with van der Waals surface area (Å²) in [6.07, 6.45) is 6.98. The van der Waals surface area contributed by atoms with Crippen LogP contribution in [0.4, 0.5) is 5.69 Å². The summed E-state index contributed by atoms with van der Waals surface area (Å²) in [7, 11) is 0. The van der Waals surface area contributed by atoms with Crippen LogP contribution in [0.25, 0.3) is 11.1 Å². The fraction of sp³-hybridized carbons (Fsp3) is 0.556.